The Bertz CT molecular complexity index is 727. The molecule has 146 valence electrons. The lowest BCUT2D eigenvalue weighted by Gasteiger charge is -2.39. The van der Waals surface area contributed by atoms with Gasteiger partial charge in [-0.1, -0.05) is 44.2 Å². The first-order chi connectivity index (χ1) is 13.0. The van der Waals surface area contributed by atoms with Gasteiger partial charge < -0.3 is 14.4 Å². The Kier molecular flexibility index (Phi) is 6.25. The summed E-state index contributed by atoms with van der Waals surface area (Å²) in [5.41, 5.74) is 2.92. The Hall–Kier alpha value is -2.23. The molecule has 0 bridgehead atoms. The van der Waals surface area contributed by atoms with Gasteiger partial charge in [-0.05, 0) is 44.6 Å². The van der Waals surface area contributed by atoms with E-state index >= 15 is 0 Å². The smallest absolute Gasteiger partial charge is 0.338 e. The van der Waals surface area contributed by atoms with Crippen molar-refractivity contribution in [1.29, 1.82) is 0 Å². The number of carbonyl (C=O) groups is 1. The number of ether oxygens (including phenoxy) is 2. The number of esters is 1. The van der Waals surface area contributed by atoms with Crippen LogP contribution in [-0.2, 0) is 14.3 Å². The average molecular weight is 370 g/mol. The van der Waals surface area contributed by atoms with E-state index in [4.69, 9.17) is 9.47 Å². The minimum atomic E-state index is -0.278. The standard InChI is InChI=1S/C23H31NO3/c1-5-26-23(25)20-17(4)27-22(24-14-10-7-11-15-24)19(16(2)3)21(20)18-12-8-6-9-13-18/h6,8-9,12-13,16,21H,5,7,10-11,14-15H2,1-4H3/t21-/m0/s1. The van der Waals surface area contributed by atoms with E-state index in [2.05, 4.69) is 30.9 Å². The molecule has 2 heterocycles. The van der Waals surface area contributed by atoms with Gasteiger partial charge in [0.1, 0.15) is 5.76 Å². The molecule has 0 spiro atoms. The molecule has 1 aromatic carbocycles. The van der Waals surface area contributed by atoms with Crippen LogP contribution in [0.15, 0.2) is 53.1 Å². The normalized spacial score (nSPS) is 20.8. The lowest BCUT2D eigenvalue weighted by atomic mass is 9.78. The summed E-state index contributed by atoms with van der Waals surface area (Å²) in [6.45, 7) is 10.5. The van der Waals surface area contributed by atoms with Gasteiger partial charge in [-0.15, -0.1) is 0 Å². The summed E-state index contributed by atoms with van der Waals surface area (Å²) in [7, 11) is 0. The summed E-state index contributed by atoms with van der Waals surface area (Å²) >= 11 is 0. The highest BCUT2D eigenvalue weighted by Gasteiger charge is 2.39. The molecule has 1 aromatic rings. The predicted octanol–water partition coefficient (Wildman–Crippen LogP) is 4.99. The molecule has 4 heteroatoms. The third-order valence-corrected chi connectivity index (χ3v) is 5.37. The van der Waals surface area contributed by atoms with Gasteiger partial charge in [-0.2, -0.15) is 0 Å². The second-order valence-corrected chi connectivity index (χ2v) is 7.60. The van der Waals surface area contributed by atoms with Gasteiger partial charge in [-0.25, -0.2) is 4.79 Å². The van der Waals surface area contributed by atoms with Crippen molar-refractivity contribution < 1.29 is 14.3 Å². The first-order valence-electron chi connectivity index (χ1n) is 10.1. The highest BCUT2D eigenvalue weighted by molar-refractivity contribution is 5.92. The van der Waals surface area contributed by atoms with Crippen molar-refractivity contribution in [2.75, 3.05) is 19.7 Å². The summed E-state index contributed by atoms with van der Waals surface area (Å²) in [5.74, 6) is 1.46. The fraction of sp³-hybridized carbons (Fsp3) is 0.522. The van der Waals surface area contributed by atoms with Crippen molar-refractivity contribution in [1.82, 2.24) is 4.90 Å². The van der Waals surface area contributed by atoms with Gasteiger partial charge in [-0.3, -0.25) is 0 Å². The molecular weight excluding hydrogens is 338 g/mol. The number of hydrogen-bond donors (Lipinski definition) is 0. The quantitative estimate of drug-likeness (QED) is 0.685. The molecule has 0 aromatic heterocycles. The number of nitrogens with zero attached hydrogens (tertiary/aromatic N) is 1. The molecule has 0 radical (unpaired) electrons. The van der Waals surface area contributed by atoms with E-state index in [1.165, 1.54) is 24.8 Å². The summed E-state index contributed by atoms with van der Waals surface area (Å²) < 4.78 is 11.7. The minimum absolute atomic E-state index is 0.129. The number of carbonyl (C=O) groups excluding carboxylic acids is 1. The second kappa shape index (κ2) is 8.64. The van der Waals surface area contributed by atoms with Crippen LogP contribution in [0.1, 0.15) is 58.4 Å². The SMILES string of the molecule is CCOC(=O)C1=C(C)OC(N2CCCCC2)=C(C(C)C)[C@@H]1c1ccccc1. The Morgan fingerprint density at radius 2 is 1.85 bits per heavy atom. The summed E-state index contributed by atoms with van der Waals surface area (Å²) in [5, 5.41) is 0. The van der Waals surface area contributed by atoms with E-state index < -0.39 is 0 Å². The molecule has 0 N–H and O–H groups in total. The fourth-order valence-corrected chi connectivity index (χ4v) is 4.13. The van der Waals surface area contributed by atoms with Crippen molar-refractivity contribution in [2.45, 2.75) is 52.9 Å². The van der Waals surface area contributed by atoms with E-state index in [9.17, 15) is 4.79 Å². The van der Waals surface area contributed by atoms with Crippen LogP contribution in [0.5, 0.6) is 0 Å². The van der Waals surface area contributed by atoms with Crippen molar-refractivity contribution in [3.8, 4) is 0 Å². The van der Waals surface area contributed by atoms with Gasteiger partial charge in [0, 0.05) is 24.6 Å². The van der Waals surface area contributed by atoms with Crippen molar-refractivity contribution in [3.63, 3.8) is 0 Å². The molecule has 1 fully saturated rings. The first kappa shape index (κ1) is 19.5. The van der Waals surface area contributed by atoms with Gasteiger partial charge in [0.25, 0.3) is 0 Å². The third kappa shape index (κ3) is 4.05. The van der Waals surface area contributed by atoms with Gasteiger partial charge >= 0.3 is 5.97 Å². The zero-order valence-electron chi connectivity index (χ0n) is 17.0. The van der Waals surface area contributed by atoms with Crippen LogP contribution >= 0.6 is 0 Å². The molecule has 1 atom stereocenters. The fourth-order valence-electron chi connectivity index (χ4n) is 4.13. The second-order valence-electron chi connectivity index (χ2n) is 7.60. The van der Waals surface area contributed by atoms with E-state index in [1.807, 2.05) is 32.0 Å². The molecule has 0 unspecified atom stereocenters. The van der Waals surface area contributed by atoms with E-state index in [1.54, 1.807) is 0 Å². The van der Waals surface area contributed by atoms with Crippen LogP contribution in [0.2, 0.25) is 0 Å². The highest BCUT2D eigenvalue weighted by atomic mass is 16.5. The average Bonchev–Trinajstić information content (AvgIpc) is 2.68. The van der Waals surface area contributed by atoms with E-state index in [0.29, 0.717) is 17.9 Å². The third-order valence-electron chi connectivity index (χ3n) is 5.37. The van der Waals surface area contributed by atoms with Crippen LogP contribution in [0, 0.1) is 5.92 Å². The Morgan fingerprint density at radius 1 is 1.19 bits per heavy atom. The lowest BCUT2D eigenvalue weighted by Crippen LogP contribution is -2.36. The molecule has 0 aliphatic carbocycles. The number of hydrogen-bond acceptors (Lipinski definition) is 4. The molecule has 0 amide bonds. The van der Waals surface area contributed by atoms with Crippen LogP contribution in [0.4, 0.5) is 0 Å². The molecule has 27 heavy (non-hydrogen) atoms. The number of benzene rings is 1. The highest BCUT2D eigenvalue weighted by Crippen LogP contribution is 2.45. The maximum Gasteiger partial charge on any atom is 0.338 e. The topological polar surface area (TPSA) is 38.8 Å². The lowest BCUT2D eigenvalue weighted by molar-refractivity contribution is -0.139. The maximum atomic E-state index is 12.8. The Morgan fingerprint density at radius 3 is 2.44 bits per heavy atom. The maximum absolute atomic E-state index is 12.8. The van der Waals surface area contributed by atoms with Crippen LogP contribution in [-0.4, -0.2) is 30.6 Å². The van der Waals surface area contributed by atoms with Crippen LogP contribution < -0.4 is 0 Å². The molecular formula is C23H31NO3. The summed E-state index contributed by atoms with van der Waals surface area (Å²) in [6, 6.07) is 10.3. The number of piperidine rings is 1. The first-order valence-corrected chi connectivity index (χ1v) is 10.1. The number of rotatable bonds is 5. The van der Waals surface area contributed by atoms with Gasteiger partial charge in [0.15, 0.2) is 5.88 Å². The molecule has 2 aliphatic rings. The predicted molar refractivity (Wildman–Crippen MR) is 107 cm³/mol. The van der Waals surface area contributed by atoms with Gasteiger partial charge in [0.2, 0.25) is 0 Å². The van der Waals surface area contributed by atoms with Gasteiger partial charge in [0.05, 0.1) is 12.2 Å². The van der Waals surface area contributed by atoms with E-state index in [-0.39, 0.29) is 17.8 Å². The van der Waals surface area contributed by atoms with Crippen LogP contribution in [0.3, 0.4) is 0 Å². The van der Waals surface area contributed by atoms with Crippen molar-refractivity contribution in [2.24, 2.45) is 5.92 Å². The molecule has 0 saturated carbocycles. The summed E-state index contributed by atoms with van der Waals surface area (Å²) in [4.78, 5) is 15.2. The monoisotopic (exact) mass is 369 g/mol. The minimum Gasteiger partial charge on any atom is -0.463 e. The van der Waals surface area contributed by atoms with Crippen molar-refractivity contribution in [3.05, 3.63) is 58.7 Å². The molecule has 4 nitrogen and oxygen atoms in total. The Balaban J connectivity index is 2.14. The summed E-state index contributed by atoms with van der Waals surface area (Å²) in [6.07, 6.45) is 3.63. The molecule has 2 aliphatic heterocycles. The molecule has 3 rings (SSSR count). The number of likely N-dealkylation sites (tertiary alicyclic amines) is 1. The van der Waals surface area contributed by atoms with Crippen molar-refractivity contribution >= 4 is 5.97 Å². The molecule has 1 saturated heterocycles. The zero-order chi connectivity index (χ0) is 19.4. The Labute approximate surface area is 162 Å². The zero-order valence-corrected chi connectivity index (χ0v) is 17.0. The van der Waals surface area contributed by atoms with E-state index in [0.717, 1.165) is 24.5 Å². The number of allylic oxidation sites excluding steroid dienone is 2. The largest absolute Gasteiger partial charge is 0.463 e. The van der Waals surface area contributed by atoms with Crippen LogP contribution in [0.25, 0.3) is 0 Å².